The molecule has 8 heteroatoms. The average Bonchev–Trinajstić information content (AvgIpc) is 3.57. The van der Waals surface area contributed by atoms with Crippen LogP contribution in [0.2, 0.25) is 0 Å². The number of amides is 1. The molecule has 1 unspecified atom stereocenters. The first-order chi connectivity index (χ1) is 19.1. The lowest BCUT2D eigenvalue weighted by molar-refractivity contribution is -0.121. The van der Waals surface area contributed by atoms with E-state index in [9.17, 15) is 9.59 Å². The fourth-order valence-electron chi connectivity index (χ4n) is 5.19. The van der Waals surface area contributed by atoms with E-state index in [4.69, 9.17) is 4.98 Å². The maximum absolute atomic E-state index is 13.5. The van der Waals surface area contributed by atoms with Crippen molar-refractivity contribution < 1.29 is 4.79 Å². The Hall–Kier alpha value is -4.17. The summed E-state index contributed by atoms with van der Waals surface area (Å²) in [4.78, 5) is 31.2. The molecule has 0 radical (unpaired) electrons. The van der Waals surface area contributed by atoms with Gasteiger partial charge in [0, 0.05) is 24.6 Å². The van der Waals surface area contributed by atoms with Gasteiger partial charge in [-0.1, -0.05) is 90.1 Å². The van der Waals surface area contributed by atoms with Gasteiger partial charge >= 0.3 is 0 Å². The highest BCUT2D eigenvalue weighted by Gasteiger charge is 2.29. The predicted molar refractivity (Wildman–Crippen MR) is 155 cm³/mol. The molecule has 2 aromatic heterocycles. The molecule has 5 aromatic rings. The van der Waals surface area contributed by atoms with Crippen LogP contribution in [0, 0.1) is 6.92 Å². The van der Waals surface area contributed by atoms with E-state index in [-0.39, 0.29) is 29.8 Å². The van der Waals surface area contributed by atoms with Gasteiger partial charge in [-0.25, -0.2) is 9.67 Å². The zero-order chi connectivity index (χ0) is 26.8. The van der Waals surface area contributed by atoms with Gasteiger partial charge in [-0.15, -0.1) is 0 Å². The standard InChI is InChI=1S/C31H29N5O2S/c1-21-12-14-24(15-13-21)36-29-27(19-33-36)30(38)35-25(20-39-31(35)34-29)18-28(37)32-17-16-26(22-8-4-2-5-9-22)23-10-6-3-7-11-23/h2-15,19,25-26H,16-18,20H2,1H3,(H,32,37). The molecule has 1 aliphatic rings. The number of rotatable bonds is 8. The van der Waals surface area contributed by atoms with Crippen LogP contribution in [0.15, 0.2) is 101 Å². The number of thioether (sulfide) groups is 1. The van der Waals surface area contributed by atoms with Gasteiger partial charge in [0.1, 0.15) is 5.39 Å². The highest BCUT2D eigenvalue weighted by molar-refractivity contribution is 7.99. The Morgan fingerprint density at radius 1 is 1.00 bits per heavy atom. The van der Waals surface area contributed by atoms with Crippen LogP contribution >= 0.6 is 11.8 Å². The molecule has 3 aromatic carbocycles. The number of hydrogen-bond donors (Lipinski definition) is 1. The van der Waals surface area contributed by atoms with Crippen LogP contribution in [0.5, 0.6) is 0 Å². The van der Waals surface area contributed by atoms with Crippen LogP contribution in [-0.2, 0) is 4.79 Å². The van der Waals surface area contributed by atoms with E-state index in [1.165, 1.54) is 22.9 Å². The molecule has 1 atom stereocenters. The van der Waals surface area contributed by atoms with Gasteiger partial charge in [0.2, 0.25) is 5.91 Å². The third kappa shape index (κ3) is 5.12. The van der Waals surface area contributed by atoms with Crippen LogP contribution < -0.4 is 10.9 Å². The average molecular weight is 536 g/mol. The Bertz CT molecular complexity index is 1620. The number of aryl methyl sites for hydroxylation is 1. The van der Waals surface area contributed by atoms with E-state index in [1.54, 1.807) is 15.4 Å². The monoisotopic (exact) mass is 535 g/mol. The third-order valence-corrected chi connectivity index (χ3v) is 8.33. The van der Waals surface area contributed by atoms with Crippen molar-refractivity contribution in [2.24, 2.45) is 0 Å². The zero-order valence-electron chi connectivity index (χ0n) is 21.7. The van der Waals surface area contributed by atoms with Gasteiger partial charge < -0.3 is 5.32 Å². The van der Waals surface area contributed by atoms with E-state index >= 15 is 0 Å². The number of nitrogens with zero attached hydrogens (tertiary/aromatic N) is 4. The van der Waals surface area contributed by atoms with Crippen molar-refractivity contribution in [3.63, 3.8) is 0 Å². The summed E-state index contributed by atoms with van der Waals surface area (Å²) in [5.41, 5.74) is 4.86. The van der Waals surface area contributed by atoms with E-state index in [0.29, 0.717) is 28.5 Å². The lowest BCUT2D eigenvalue weighted by Gasteiger charge is -2.19. The second-order valence-electron chi connectivity index (χ2n) is 9.88. The molecule has 0 saturated heterocycles. The number of carbonyl (C=O) groups is 1. The maximum atomic E-state index is 13.5. The largest absolute Gasteiger partial charge is 0.356 e. The minimum Gasteiger partial charge on any atom is -0.356 e. The highest BCUT2D eigenvalue weighted by Crippen LogP contribution is 2.33. The summed E-state index contributed by atoms with van der Waals surface area (Å²) < 4.78 is 3.37. The molecule has 1 aliphatic heterocycles. The van der Waals surface area contributed by atoms with Crippen molar-refractivity contribution in [1.29, 1.82) is 0 Å². The minimum absolute atomic E-state index is 0.0596. The zero-order valence-corrected chi connectivity index (χ0v) is 22.5. The molecule has 0 aliphatic carbocycles. The Labute approximate surface area is 230 Å². The number of carbonyl (C=O) groups excluding carboxylic acids is 1. The van der Waals surface area contributed by atoms with Gasteiger partial charge in [0.25, 0.3) is 5.56 Å². The van der Waals surface area contributed by atoms with Crippen LogP contribution in [0.1, 0.15) is 41.5 Å². The Morgan fingerprint density at radius 2 is 1.67 bits per heavy atom. The number of nitrogens with one attached hydrogen (secondary N) is 1. The number of benzene rings is 3. The van der Waals surface area contributed by atoms with Crippen molar-refractivity contribution in [2.45, 2.75) is 36.9 Å². The summed E-state index contributed by atoms with van der Waals surface area (Å²) in [5.74, 6) is 0.771. The van der Waals surface area contributed by atoms with Gasteiger partial charge in [-0.3, -0.25) is 14.2 Å². The Balaban J connectivity index is 1.15. The fraction of sp³-hybridized carbons (Fsp3) is 0.226. The third-order valence-electron chi connectivity index (χ3n) is 7.23. The topological polar surface area (TPSA) is 81.8 Å². The van der Waals surface area contributed by atoms with Crippen LogP contribution in [0.25, 0.3) is 16.7 Å². The first-order valence-electron chi connectivity index (χ1n) is 13.1. The van der Waals surface area contributed by atoms with Gasteiger partial charge in [-0.05, 0) is 36.6 Å². The maximum Gasteiger partial charge on any atom is 0.265 e. The molecule has 7 nitrogen and oxygen atoms in total. The molecule has 39 heavy (non-hydrogen) atoms. The van der Waals surface area contributed by atoms with Crippen molar-refractivity contribution in [3.8, 4) is 5.69 Å². The first-order valence-corrected chi connectivity index (χ1v) is 14.1. The molecule has 0 fully saturated rings. The normalized spacial score (nSPS) is 14.6. The smallest absolute Gasteiger partial charge is 0.265 e. The Morgan fingerprint density at radius 3 is 2.33 bits per heavy atom. The van der Waals surface area contributed by atoms with Crippen molar-refractivity contribution >= 4 is 28.7 Å². The Kier molecular flexibility index (Phi) is 7.02. The quantitative estimate of drug-likeness (QED) is 0.274. The van der Waals surface area contributed by atoms with Crippen molar-refractivity contribution in [1.82, 2.24) is 24.6 Å². The number of hydrogen-bond acceptors (Lipinski definition) is 5. The lowest BCUT2D eigenvalue weighted by atomic mass is 9.88. The fourth-order valence-corrected chi connectivity index (χ4v) is 6.32. The summed E-state index contributed by atoms with van der Waals surface area (Å²) in [5, 5.41) is 8.63. The lowest BCUT2D eigenvalue weighted by Crippen LogP contribution is -2.31. The van der Waals surface area contributed by atoms with Gasteiger partial charge in [0.05, 0.1) is 17.9 Å². The van der Waals surface area contributed by atoms with E-state index in [2.05, 4.69) is 34.7 Å². The second-order valence-corrected chi connectivity index (χ2v) is 10.9. The molecule has 0 spiro atoms. The van der Waals surface area contributed by atoms with Gasteiger partial charge in [0.15, 0.2) is 10.8 Å². The highest BCUT2D eigenvalue weighted by atomic mass is 32.2. The van der Waals surface area contributed by atoms with Crippen LogP contribution in [0.4, 0.5) is 0 Å². The summed E-state index contributed by atoms with van der Waals surface area (Å²) in [6.45, 7) is 2.58. The molecule has 1 N–H and O–H groups in total. The van der Waals surface area contributed by atoms with Crippen LogP contribution in [-0.4, -0.2) is 37.5 Å². The van der Waals surface area contributed by atoms with Crippen molar-refractivity contribution in [3.05, 3.63) is 118 Å². The van der Waals surface area contributed by atoms with E-state index < -0.39 is 0 Å². The molecule has 0 bridgehead atoms. The molecular formula is C31H29N5O2S. The second kappa shape index (κ2) is 10.9. The van der Waals surface area contributed by atoms with Gasteiger partial charge in [-0.2, -0.15) is 5.10 Å². The SMILES string of the molecule is Cc1ccc(-n2ncc3c(=O)n4c(nc32)SCC4CC(=O)NCCC(c2ccccc2)c2ccccc2)cc1. The molecule has 3 heterocycles. The molecule has 1 amide bonds. The number of fused-ring (bicyclic) bond motifs is 2. The van der Waals surface area contributed by atoms with E-state index in [0.717, 1.165) is 17.7 Å². The summed E-state index contributed by atoms with van der Waals surface area (Å²) in [6, 6.07) is 28.5. The minimum atomic E-state index is -0.240. The van der Waals surface area contributed by atoms with Crippen LogP contribution in [0.3, 0.4) is 0 Å². The molecular weight excluding hydrogens is 506 g/mol. The molecule has 6 rings (SSSR count). The first kappa shape index (κ1) is 25.1. The van der Waals surface area contributed by atoms with E-state index in [1.807, 2.05) is 67.6 Å². The molecule has 196 valence electrons. The summed E-state index contributed by atoms with van der Waals surface area (Å²) >= 11 is 1.51. The summed E-state index contributed by atoms with van der Waals surface area (Å²) in [7, 11) is 0. The molecule has 0 saturated carbocycles. The predicted octanol–water partition coefficient (Wildman–Crippen LogP) is 5.27. The number of aromatic nitrogens is 4. The summed E-state index contributed by atoms with van der Waals surface area (Å²) in [6.07, 6.45) is 2.60. The van der Waals surface area contributed by atoms with Crippen molar-refractivity contribution in [2.75, 3.05) is 12.3 Å².